The number of aryl methyl sites for hydroxylation is 1. The Hall–Kier alpha value is -1.91. The van der Waals surface area contributed by atoms with Crippen molar-refractivity contribution in [2.75, 3.05) is 0 Å². The topological polar surface area (TPSA) is 60.2 Å². The molecule has 0 heterocycles. The predicted octanol–water partition coefficient (Wildman–Crippen LogP) is 4.28. The van der Waals surface area contributed by atoms with Crippen molar-refractivity contribution < 1.29 is 9.59 Å². The molecule has 0 aliphatic carbocycles. The molecule has 0 fully saturated rings. The van der Waals surface area contributed by atoms with E-state index in [1.807, 2.05) is 25.1 Å². The molecule has 2 aromatic carbocycles. The number of benzene rings is 2. The molecule has 2 rings (SSSR count). The van der Waals surface area contributed by atoms with E-state index >= 15 is 0 Å². The standard InChI is InChI=1S/C15H17N.C6H10O2S/c1-12-8-10-14(11-9-12)15(2,16)13-6-4-3-5-7-13;1-4(6(8)9)3-5(2)7/h3-11H,16H2,1-2H3;4H,3H2,1-2H3,(H,8,9). The Morgan fingerprint density at radius 3 is 1.92 bits per heavy atom. The molecule has 2 aromatic rings. The van der Waals surface area contributed by atoms with Gasteiger partial charge in [-0.05, 0) is 31.9 Å². The molecule has 0 spiro atoms. The molecule has 3 nitrogen and oxygen atoms in total. The van der Waals surface area contributed by atoms with E-state index in [0.29, 0.717) is 6.42 Å². The Kier molecular flexibility index (Phi) is 8.07. The van der Waals surface area contributed by atoms with Gasteiger partial charge in [-0.2, -0.15) is 0 Å². The molecular formula is C21H27NO2S. The van der Waals surface area contributed by atoms with E-state index in [1.54, 1.807) is 6.92 Å². The summed E-state index contributed by atoms with van der Waals surface area (Å²) in [4.78, 5) is 20.8. The molecule has 0 bridgehead atoms. The normalized spacial score (nSPS) is 13.8. The highest BCUT2D eigenvalue weighted by molar-refractivity contribution is 7.96. The monoisotopic (exact) mass is 357 g/mol. The van der Waals surface area contributed by atoms with Crippen LogP contribution in [0.25, 0.3) is 0 Å². The van der Waals surface area contributed by atoms with Gasteiger partial charge in [0.2, 0.25) is 0 Å². The zero-order valence-corrected chi connectivity index (χ0v) is 16.2. The lowest BCUT2D eigenvalue weighted by molar-refractivity contribution is -0.121. The lowest BCUT2D eigenvalue weighted by Gasteiger charge is -2.26. The summed E-state index contributed by atoms with van der Waals surface area (Å²) < 4.78 is 0. The number of hydrogen-bond donors (Lipinski definition) is 2. The van der Waals surface area contributed by atoms with E-state index in [-0.39, 0.29) is 16.8 Å². The van der Waals surface area contributed by atoms with E-state index in [4.69, 9.17) is 5.73 Å². The first-order chi connectivity index (χ1) is 11.6. The highest BCUT2D eigenvalue weighted by atomic mass is 32.1. The summed E-state index contributed by atoms with van der Waals surface area (Å²) in [5.74, 6) is -0.198. The second kappa shape index (κ2) is 9.54. The van der Waals surface area contributed by atoms with Crippen LogP contribution in [-0.4, -0.2) is 10.9 Å². The molecule has 0 amide bonds. The van der Waals surface area contributed by atoms with Gasteiger partial charge in [0.05, 0.1) is 5.54 Å². The van der Waals surface area contributed by atoms with Crippen molar-refractivity contribution in [2.45, 2.75) is 39.7 Å². The molecule has 0 radical (unpaired) electrons. The Morgan fingerprint density at radius 2 is 1.52 bits per heavy atom. The summed E-state index contributed by atoms with van der Waals surface area (Å²) >= 11 is 3.58. The number of nitrogens with two attached hydrogens (primary N) is 1. The van der Waals surface area contributed by atoms with Gasteiger partial charge in [0.25, 0.3) is 0 Å². The van der Waals surface area contributed by atoms with Gasteiger partial charge in [-0.25, -0.2) is 0 Å². The van der Waals surface area contributed by atoms with E-state index in [9.17, 15) is 9.59 Å². The Morgan fingerprint density at radius 1 is 1.04 bits per heavy atom. The summed E-state index contributed by atoms with van der Waals surface area (Å²) in [6, 6.07) is 18.6. The predicted molar refractivity (Wildman–Crippen MR) is 107 cm³/mol. The number of Topliss-reactive ketones (excluding diaryl/α,β-unsaturated/α-hetero) is 1. The number of ketones is 1. The molecule has 2 N–H and O–H groups in total. The van der Waals surface area contributed by atoms with Crippen LogP contribution in [0.5, 0.6) is 0 Å². The Bertz CT molecular complexity index is 694. The van der Waals surface area contributed by atoms with Crippen LogP contribution in [0.2, 0.25) is 0 Å². The van der Waals surface area contributed by atoms with Crippen LogP contribution < -0.4 is 5.73 Å². The summed E-state index contributed by atoms with van der Waals surface area (Å²) in [5.41, 5.74) is 9.53. The van der Waals surface area contributed by atoms with Crippen molar-refractivity contribution >= 4 is 23.5 Å². The number of hydrogen-bond acceptors (Lipinski definition) is 3. The minimum atomic E-state index is -0.422. The van der Waals surface area contributed by atoms with Crippen LogP contribution in [0, 0.1) is 12.8 Å². The molecule has 0 saturated carbocycles. The molecular weight excluding hydrogens is 330 g/mol. The van der Waals surface area contributed by atoms with Gasteiger partial charge >= 0.3 is 0 Å². The van der Waals surface area contributed by atoms with Gasteiger partial charge in [-0.1, -0.05) is 67.1 Å². The van der Waals surface area contributed by atoms with Crippen molar-refractivity contribution in [2.24, 2.45) is 11.7 Å². The molecule has 134 valence electrons. The fourth-order valence-corrected chi connectivity index (χ4v) is 2.46. The van der Waals surface area contributed by atoms with Crippen LogP contribution in [0.4, 0.5) is 0 Å². The van der Waals surface area contributed by atoms with Crippen molar-refractivity contribution in [3.8, 4) is 0 Å². The first-order valence-electron chi connectivity index (χ1n) is 8.28. The highest BCUT2D eigenvalue weighted by Crippen LogP contribution is 2.26. The smallest absolute Gasteiger partial charge is 0.189 e. The van der Waals surface area contributed by atoms with E-state index in [2.05, 4.69) is 56.0 Å². The van der Waals surface area contributed by atoms with Crippen LogP contribution in [0.3, 0.4) is 0 Å². The lowest BCUT2D eigenvalue weighted by Crippen LogP contribution is -2.34. The number of carbonyl (C=O) groups excluding carboxylic acids is 2. The maximum Gasteiger partial charge on any atom is 0.189 e. The SMILES string of the molecule is CC(=O)CC(C)C(=O)S.Cc1ccc(C(C)(N)c2ccccc2)cc1. The third-order valence-corrected chi connectivity index (χ3v) is 4.48. The molecule has 0 aromatic heterocycles. The fourth-order valence-electron chi connectivity index (χ4n) is 2.37. The van der Waals surface area contributed by atoms with Crippen LogP contribution in [0.15, 0.2) is 54.6 Å². The minimum absolute atomic E-state index is 0.0323. The van der Waals surface area contributed by atoms with Crippen molar-refractivity contribution in [1.29, 1.82) is 0 Å². The molecule has 0 saturated heterocycles. The lowest BCUT2D eigenvalue weighted by atomic mass is 9.85. The third-order valence-electron chi connectivity index (χ3n) is 4.04. The van der Waals surface area contributed by atoms with E-state index in [1.165, 1.54) is 12.5 Å². The maximum atomic E-state index is 10.4. The second-order valence-electron chi connectivity index (χ2n) is 6.58. The molecule has 2 atom stereocenters. The van der Waals surface area contributed by atoms with Crippen LogP contribution >= 0.6 is 12.6 Å². The number of rotatable bonds is 5. The molecule has 2 unspecified atom stereocenters. The first-order valence-corrected chi connectivity index (χ1v) is 8.73. The van der Waals surface area contributed by atoms with Gasteiger partial charge in [0.15, 0.2) is 5.12 Å². The summed E-state index contributed by atoms with van der Waals surface area (Å²) in [6.07, 6.45) is 0.308. The van der Waals surface area contributed by atoms with Gasteiger partial charge in [-0.3, -0.25) is 4.79 Å². The molecule has 0 aliphatic rings. The summed E-state index contributed by atoms with van der Waals surface area (Å²) in [5, 5.41) is -0.217. The Labute approximate surface area is 156 Å². The largest absolute Gasteiger partial charge is 0.318 e. The molecule has 25 heavy (non-hydrogen) atoms. The second-order valence-corrected chi connectivity index (χ2v) is 7.02. The maximum absolute atomic E-state index is 10.4. The van der Waals surface area contributed by atoms with Crippen LogP contribution in [0.1, 0.15) is 43.9 Å². The number of carbonyl (C=O) groups is 2. The van der Waals surface area contributed by atoms with Gasteiger partial charge < -0.3 is 10.5 Å². The van der Waals surface area contributed by atoms with Crippen molar-refractivity contribution in [3.63, 3.8) is 0 Å². The van der Waals surface area contributed by atoms with Gasteiger partial charge in [0, 0.05) is 12.3 Å². The minimum Gasteiger partial charge on any atom is -0.318 e. The first kappa shape index (κ1) is 21.1. The average Bonchev–Trinajstić information content (AvgIpc) is 2.56. The Balaban J connectivity index is 0.000000299. The fraction of sp³-hybridized carbons (Fsp3) is 0.333. The summed E-state index contributed by atoms with van der Waals surface area (Å²) in [7, 11) is 0. The number of thiol groups is 1. The van der Waals surface area contributed by atoms with Crippen molar-refractivity contribution in [1.82, 2.24) is 0 Å². The zero-order valence-electron chi connectivity index (χ0n) is 15.3. The highest BCUT2D eigenvalue weighted by Gasteiger charge is 2.22. The van der Waals surface area contributed by atoms with Crippen LogP contribution in [-0.2, 0) is 15.1 Å². The van der Waals surface area contributed by atoms with Crippen molar-refractivity contribution in [3.05, 3.63) is 71.3 Å². The third kappa shape index (κ3) is 6.85. The van der Waals surface area contributed by atoms with E-state index in [0.717, 1.165) is 11.1 Å². The molecule has 0 aliphatic heterocycles. The van der Waals surface area contributed by atoms with E-state index < -0.39 is 5.54 Å². The van der Waals surface area contributed by atoms with Gasteiger partial charge in [0.1, 0.15) is 5.78 Å². The average molecular weight is 358 g/mol. The molecule has 4 heteroatoms. The quantitative estimate of drug-likeness (QED) is 0.786. The zero-order chi connectivity index (χ0) is 19.0. The summed E-state index contributed by atoms with van der Waals surface area (Å²) in [6.45, 7) is 7.29. The van der Waals surface area contributed by atoms with Gasteiger partial charge in [-0.15, -0.1) is 12.6 Å².